The summed E-state index contributed by atoms with van der Waals surface area (Å²) < 4.78 is 0. The molecule has 1 heterocycles. The van der Waals surface area contributed by atoms with Crippen LogP contribution in [0, 0.1) is 29.6 Å². The monoisotopic (exact) mass is 252 g/mol. The Labute approximate surface area is 111 Å². The number of carbonyl (C=O) groups excluding carboxylic acids is 1. The summed E-state index contributed by atoms with van der Waals surface area (Å²) in [5.41, 5.74) is 3.53. The predicted octanol–water partition coefficient (Wildman–Crippen LogP) is 2.22. The Bertz CT molecular complexity index is 631. The second-order valence-corrected chi connectivity index (χ2v) is 4.32. The van der Waals surface area contributed by atoms with Crippen molar-refractivity contribution in [2.45, 2.75) is 19.8 Å². The molecule has 0 unspecified atom stereocenters. The normalized spacial score (nSPS) is 12.5. The van der Waals surface area contributed by atoms with E-state index in [1.807, 2.05) is 19.1 Å². The van der Waals surface area contributed by atoms with Gasteiger partial charge in [-0.3, -0.25) is 4.79 Å². The number of nitriles is 2. The van der Waals surface area contributed by atoms with Crippen LogP contribution in [0.3, 0.4) is 0 Å². The Morgan fingerprint density at radius 1 is 1.37 bits per heavy atom. The van der Waals surface area contributed by atoms with Crippen LogP contribution in [0.15, 0.2) is 23.9 Å². The number of carbonyl (C=O) groups is 1. The molecule has 5 heteroatoms. The zero-order chi connectivity index (χ0) is 13.8. The van der Waals surface area contributed by atoms with E-state index in [1.165, 1.54) is 6.20 Å². The third-order valence-corrected chi connectivity index (χ3v) is 2.86. The first-order valence-corrected chi connectivity index (χ1v) is 5.84. The number of allylic oxidation sites excluding steroid dienone is 1. The van der Waals surface area contributed by atoms with Crippen molar-refractivity contribution in [1.82, 2.24) is 0 Å². The second-order valence-electron chi connectivity index (χ2n) is 4.32. The van der Waals surface area contributed by atoms with Gasteiger partial charge in [0.05, 0.1) is 11.4 Å². The molecule has 0 aliphatic carbocycles. The van der Waals surface area contributed by atoms with Crippen LogP contribution in [0.1, 0.15) is 17.5 Å². The van der Waals surface area contributed by atoms with Crippen molar-refractivity contribution < 1.29 is 4.79 Å². The number of aryl methyl sites for hydroxylation is 2. The molecule has 2 rings (SSSR count). The molecule has 1 amide bonds. The highest BCUT2D eigenvalue weighted by molar-refractivity contribution is 5.98. The van der Waals surface area contributed by atoms with Gasteiger partial charge in [0.25, 0.3) is 0 Å². The molecular weight excluding hydrogens is 240 g/mol. The van der Waals surface area contributed by atoms with Crippen molar-refractivity contribution in [3.8, 4) is 12.1 Å². The average Bonchev–Trinajstić information content (AvgIpc) is 2.40. The summed E-state index contributed by atoms with van der Waals surface area (Å²) in [6.45, 7) is 1.96. The first-order chi connectivity index (χ1) is 9.13. The topological polar surface area (TPSA) is 88.7 Å². The van der Waals surface area contributed by atoms with Gasteiger partial charge in [0, 0.05) is 12.6 Å². The number of rotatable bonds is 2. The lowest BCUT2D eigenvalue weighted by atomic mass is 9.99. The lowest BCUT2D eigenvalue weighted by Crippen LogP contribution is -2.20. The molecule has 0 saturated heterocycles. The van der Waals surface area contributed by atoms with Gasteiger partial charge in [0.1, 0.15) is 17.7 Å². The minimum absolute atomic E-state index is 0.0163. The molecule has 0 aromatic heterocycles. The zero-order valence-corrected chi connectivity index (χ0v) is 10.4. The molecule has 5 nitrogen and oxygen atoms in total. The average molecular weight is 252 g/mol. The third-order valence-electron chi connectivity index (χ3n) is 2.86. The molecule has 0 spiro atoms. The maximum atomic E-state index is 11.5. The van der Waals surface area contributed by atoms with Crippen LogP contribution in [0.5, 0.6) is 0 Å². The minimum atomic E-state index is -0.0239. The van der Waals surface area contributed by atoms with Gasteiger partial charge in [-0.25, -0.2) is 0 Å². The summed E-state index contributed by atoms with van der Waals surface area (Å²) in [5.74, 6) is -0.0239. The lowest BCUT2D eigenvalue weighted by Gasteiger charge is -2.21. The van der Waals surface area contributed by atoms with Crippen LogP contribution in [0.25, 0.3) is 0 Å². The number of amides is 1. The standard InChI is InChI=1S/C14H12N4O/c1-9-4-11-2-3-13(19)18-14(11)12(5-9)17-8-10(6-15)7-16/h4-5,8,17H,2-3H2,1H3,(H,18,19). The predicted molar refractivity (Wildman–Crippen MR) is 71.1 cm³/mol. The molecule has 0 fully saturated rings. The Kier molecular flexibility index (Phi) is 3.49. The number of hydrogen-bond acceptors (Lipinski definition) is 4. The van der Waals surface area contributed by atoms with Gasteiger partial charge >= 0.3 is 0 Å². The van der Waals surface area contributed by atoms with Gasteiger partial charge in [0.15, 0.2) is 0 Å². The summed E-state index contributed by atoms with van der Waals surface area (Å²) in [7, 11) is 0. The summed E-state index contributed by atoms with van der Waals surface area (Å²) in [6, 6.07) is 7.45. The maximum Gasteiger partial charge on any atom is 0.224 e. The summed E-state index contributed by atoms with van der Waals surface area (Å²) in [6.07, 6.45) is 2.52. The van der Waals surface area contributed by atoms with E-state index in [4.69, 9.17) is 10.5 Å². The highest BCUT2D eigenvalue weighted by Crippen LogP contribution is 2.32. The number of fused-ring (bicyclic) bond motifs is 1. The quantitative estimate of drug-likeness (QED) is 0.790. The van der Waals surface area contributed by atoms with Crippen molar-refractivity contribution in [3.05, 3.63) is 35.0 Å². The fraction of sp³-hybridized carbons (Fsp3) is 0.214. The van der Waals surface area contributed by atoms with Crippen LogP contribution >= 0.6 is 0 Å². The fourth-order valence-electron chi connectivity index (χ4n) is 2.01. The highest BCUT2D eigenvalue weighted by Gasteiger charge is 2.18. The molecule has 0 atom stereocenters. The van der Waals surface area contributed by atoms with E-state index in [2.05, 4.69) is 10.6 Å². The van der Waals surface area contributed by atoms with Crippen molar-refractivity contribution in [1.29, 1.82) is 10.5 Å². The summed E-state index contributed by atoms with van der Waals surface area (Å²) in [4.78, 5) is 11.5. The summed E-state index contributed by atoms with van der Waals surface area (Å²) in [5, 5.41) is 23.1. The fourth-order valence-corrected chi connectivity index (χ4v) is 2.01. The van der Waals surface area contributed by atoms with Crippen LogP contribution in [-0.4, -0.2) is 5.91 Å². The molecule has 0 radical (unpaired) electrons. The molecule has 2 N–H and O–H groups in total. The molecule has 94 valence electrons. The molecule has 0 bridgehead atoms. The van der Waals surface area contributed by atoms with Crippen LogP contribution in [0.4, 0.5) is 11.4 Å². The first kappa shape index (κ1) is 12.7. The SMILES string of the molecule is Cc1cc2c(c(NC=C(C#N)C#N)c1)NC(=O)CC2. The van der Waals surface area contributed by atoms with Gasteiger partial charge in [-0.1, -0.05) is 6.07 Å². The smallest absolute Gasteiger partial charge is 0.224 e. The van der Waals surface area contributed by atoms with E-state index in [1.54, 1.807) is 12.1 Å². The Hall–Kier alpha value is -2.79. The van der Waals surface area contributed by atoms with Crippen molar-refractivity contribution in [2.75, 3.05) is 10.6 Å². The molecule has 1 aliphatic rings. The van der Waals surface area contributed by atoms with Crippen LogP contribution in [-0.2, 0) is 11.2 Å². The number of anilines is 2. The highest BCUT2D eigenvalue weighted by atomic mass is 16.1. The Balaban J connectivity index is 2.39. The van der Waals surface area contributed by atoms with E-state index < -0.39 is 0 Å². The van der Waals surface area contributed by atoms with E-state index >= 15 is 0 Å². The van der Waals surface area contributed by atoms with Gasteiger partial charge in [-0.2, -0.15) is 10.5 Å². The van der Waals surface area contributed by atoms with E-state index in [9.17, 15) is 4.79 Å². The molecule has 1 aromatic carbocycles. The lowest BCUT2D eigenvalue weighted by molar-refractivity contribution is -0.116. The van der Waals surface area contributed by atoms with E-state index in [0.29, 0.717) is 18.5 Å². The van der Waals surface area contributed by atoms with Gasteiger partial charge < -0.3 is 10.6 Å². The number of nitrogens with one attached hydrogen (secondary N) is 2. The van der Waals surface area contributed by atoms with Gasteiger partial charge in [0.2, 0.25) is 5.91 Å². The number of nitrogens with zero attached hydrogens (tertiary/aromatic N) is 2. The minimum Gasteiger partial charge on any atom is -0.358 e. The first-order valence-electron chi connectivity index (χ1n) is 5.84. The molecule has 1 aliphatic heterocycles. The third kappa shape index (κ3) is 2.72. The zero-order valence-electron chi connectivity index (χ0n) is 10.4. The van der Waals surface area contributed by atoms with E-state index in [0.717, 1.165) is 16.8 Å². The Morgan fingerprint density at radius 2 is 2.11 bits per heavy atom. The van der Waals surface area contributed by atoms with Gasteiger partial charge in [-0.15, -0.1) is 0 Å². The number of benzene rings is 1. The van der Waals surface area contributed by atoms with Gasteiger partial charge in [-0.05, 0) is 30.5 Å². The molecule has 19 heavy (non-hydrogen) atoms. The maximum absolute atomic E-state index is 11.5. The van der Waals surface area contributed by atoms with E-state index in [-0.39, 0.29) is 11.5 Å². The van der Waals surface area contributed by atoms with Crippen LogP contribution < -0.4 is 10.6 Å². The Morgan fingerprint density at radius 3 is 2.79 bits per heavy atom. The summed E-state index contributed by atoms with van der Waals surface area (Å²) >= 11 is 0. The molecule has 1 aromatic rings. The number of hydrogen-bond donors (Lipinski definition) is 2. The van der Waals surface area contributed by atoms with Crippen molar-refractivity contribution >= 4 is 17.3 Å². The van der Waals surface area contributed by atoms with Crippen molar-refractivity contribution in [2.24, 2.45) is 0 Å². The van der Waals surface area contributed by atoms with Crippen molar-refractivity contribution in [3.63, 3.8) is 0 Å². The molecular formula is C14H12N4O. The second kappa shape index (κ2) is 5.24. The van der Waals surface area contributed by atoms with Crippen LogP contribution in [0.2, 0.25) is 0 Å². The molecule has 0 saturated carbocycles. The largest absolute Gasteiger partial charge is 0.358 e.